The average molecular weight is 340 g/mol. The third-order valence-corrected chi connectivity index (χ3v) is 4.90. The highest BCUT2D eigenvalue weighted by Crippen LogP contribution is 2.40. The molecule has 0 N–H and O–H groups in total. The standard InChI is InChI=1S/C19H17FN2OS/c1-24-16-9-5-14(6-10-16)18-17(13-3-7-15(20)8-4-13)19-22(21-18)11-2-12-23-19/h3-10H,2,11-12H2,1H3. The van der Waals surface area contributed by atoms with Crippen LogP contribution in [0.15, 0.2) is 53.4 Å². The molecule has 2 aromatic carbocycles. The highest BCUT2D eigenvalue weighted by Gasteiger charge is 2.24. The van der Waals surface area contributed by atoms with Crippen molar-refractivity contribution in [1.82, 2.24) is 9.78 Å². The third-order valence-electron chi connectivity index (χ3n) is 4.16. The molecule has 24 heavy (non-hydrogen) atoms. The molecule has 0 spiro atoms. The first-order valence-corrected chi connectivity index (χ1v) is 9.13. The van der Waals surface area contributed by atoms with Gasteiger partial charge in [-0.3, -0.25) is 0 Å². The molecule has 3 aromatic rings. The molecule has 2 heterocycles. The van der Waals surface area contributed by atoms with Crippen LogP contribution in [0, 0.1) is 5.82 Å². The van der Waals surface area contributed by atoms with Gasteiger partial charge in [0, 0.05) is 23.4 Å². The van der Waals surface area contributed by atoms with Crippen molar-refractivity contribution in [3.8, 4) is 28.3 Å². The van der Waals surface area contributed by atoms with Crippen molar-refractivity contribution in [3.63, 3.8) is 0 Å². The van der Waals surface area contributed by atoms with Crippen molar-refractivity contribution >= 4 is 11.8 Å². The molecule has 1 aromatic heterocycles. The quantitative estimate of drug-likeness (QED) is 0.637. The fourth-order valence-electron chi connectivity index (χ4n) is 2.96. The van der Waals surface area contributed by atoms with Gasteiger partial charge in [0.25, 0.3) is 0 Å². The number of nitrogens with zero attached hydrogens (tertiary/aromatic N) is 2. The lowest BCUT2D eigenvalue weighted by Crippen LogP contribution is -2.14. The lowest BCUT2D eigenvalue weighted by molar-refractivity contribution is 0.231. The van der Waals surface area contributed by atoms with Crippen molar-refractivity contribution in [3.05, 3.63) is 54.3 Å². The molecule has 122 valence electrons. The molecule has 0 unspecified atom stereocenters. The molecule has 0 aliphatic carbocycles. The van der Waals surface area contributed by atoms with Crippen LogP contribution in [0.5, 0.6) is 5.88 Å². The summed E-state index contributed by atoms with van der Waals surface area (Å²) < 4.78 is 21.1. The maximum absolute atomic E-state index is 13.3. The van der Waals surface area contributed by atoms with Crippen LogP contribution in [-0.2, 0) is 6.54 Å². The molecular weight excluding hydrogens is 323 g/mol. The molecule has 0 saturated heterocycles. The summed E-state index contributed by atoms with van der Waals surface area (Å²) in [5.41, 5.74) is 3.78. The number of aromatic nitrogens is 2. The molecule has 1 aliphatic rings. The predicted molar refractivity (Wildman–Crippen MR) is 95.0 cm³/mol. The largest absolute Gasteiger partial charge is 0.477 e. The molecule has 0 fully saturated rings. The monoisotopic (exact) mass is 340 g/mol. The maximum Gasteiger partial charge on any atom is 0.220 e. The molecule has 0 atom stereocenters. The van der Waals surface area contributed by atoms with Gasteiger partial charge in [-0.05, 0) is 36.1 Å². The Labute approximate surface area is 144 Å². The summed E-state index contributed by atoms with van der Waals surface area (Å²) in [5, 5.41) is 4.77. The second kappa shape index (κ2) is 6.32. The van der Waals surface area contributed by atoms with Gasteiger partial charge >= 0.3 is 0 Å². The van der Waals surface area contributed by atoms with Gasteiger partial charge in [0.05, 0.1) is 12.2 Å². The number of rotatable bonds is 3. The van der Waals surface area contributed by atoms with Crippen LogP contribution in [0.25, 0.3) is 22.4 Å². The predicted octanol–water partition coefficient (Wildman–Crippen LogP) is 4.86. The normalized spacial score (nSPS) is 13.4. The Morgan fingerprint density at radius 1 is 1.04 bits per heavy atom. The molecule has 4 rings (SSSR count). The van der Waals surface area contributed by atoms with Gasteiger partial charge in [0.1, 0.15) is 11.5 Å². The topological polar surface area (TPSA) is 27.1 Å². The van der Waals surface area contributed by atoms with E-state index >= 15 is 0 Å². The molecule has 3 nitrogen and oxygen atoms in total. The van der Waals surface area contributed by atoms with E-state index in [1.54, 1.807) is 23.9 Å². The van der Waals surface area contributed by atoms with Crippen molar-refractivity contribution in [1.29, 1.82) is 0 Å². The van der Waals surface area contributed by atoms with E-state index in [4.69, 9.17) is 9.84 Å². The number of benzene rings is 2. The van der Waals surface area contributed by atoms with Crippen molar-refractivity contribution in [2.75, 3.05) is 12.9 Å². The van der Waals surface area contributed by atoms with Crippen molar-refractivity contribution in [2.45, 2.75) is 17.9 Å². The van der Waals surface area contributed by atoms with Gasteiger partial charge in [-0.2, -0.15) is 5.10 Å². The highest BCUT2D eigenvalue weighted by atomic mass is 32.2. The zero-order valence-corrected chi connectivity index (χ0v) is 14.1. The summed E-state index contributed by atoms with van der Waals surface area (Å²) in [6.07, 6.45) is 3.00. The van der Waals surface area contributed by atoms with E-state index < -0.39 is 0 Å². The average Bonchev–Trinajstić information content (AvgIpc) is 3.02. The van der Waals surface area contributed by atoms with Crippen LogP contribution < -0.4 is 4.74 Å². The Morgan fingerprint density at radius 3 is 2.46 bits per heavy atom. The highest BCUT2D eigenvalue weighted by molar-refractivity contribution is 7.98. The lowest BCUT2D eigenvalue weighted by atomic mass is 10.0. The van der Waals surface area contributed by atoms with Crippen molar-refractivity contribution < 1.29 is 9.13 Å². The van der Waals surface area contributed by atoms with Gasteiger partial charge in [0.2, 0.25) is 5.88 Å². The molecule has 0 radical (unpaired) electrons. The Hall–Kier alpha value is -2.27. The molecule has 0 bridgehead atoms. The number of thioether (sulfide) groups is 1. The zero-order chi connectivity index (χ0) is 16.5. The number of ether oxygens (including phenoxy) is 1. The third kappa shape index (κ3) is 2.69. The van der Waals surface area contributed by atoms with Crippen LogP contribution in [0.1, 0.15) is 6.42 Å². The lowest BCUT2D eigenvalue weighted by Gasteiger charge is -2.16. The van der Waals surface area contributed by atoms with Gasteiger partial charge in [-0.15, -0.1) is 11.8 Å². The van der Waals surface area contributed by atoms with E-state index in [0.717, 1.165) is 41.2 Å². The minimum atomic E-state index is -0.244. The SMILES string of the molecule is CSc1ccc(-c2nn3c(c2-c2ccc(F)cc2)OCCC3)cc1. The Kier molecular flexibility index (Phi) is 4.02. The fourth-order valence-corrected chi connectivity index (χ4v) is 3.36. The minimum absolute atomic E-state index is 0.244. The van der Waals surface area contributed by atoms with E-state index in [1.807, 2.05) is 4.68 Å². The first-order chi connectivity index (χ1) is 11.8. The van der Waals surface area contributed by atoms with Crippen LogP contribution >= 0.6 is 11.8 Å². The molecule has 0 saturated carbocycles. The second-order valence-electron chi connectivity index (χ2n) is 5.69. The smallest absolute Gasteiger partial charge is 0.220 e. The van der Waals surface area contributed by atoms with Gasteiger partial charge in [-0.25, -0.2) is 9.07 Å². The van der Waals surface area contributed by atoms with Gasteiger partial charge < -0.3 is 4.74 Å². The molecule has 0 amide bonds. The number of fused-ring (bicyclic) bond motifs is 1. The van der Waals surface area contributed by atoms with Crippen LogP contribution in [0.2, 0.25) is 0 Å². The first kappa shape index (κ1) is 15.3. The maximum atomic E-state index is 13.3. The number of aryl methyl sites for hydroxylation is 1. The van der Waals surface area contributed by atoms with Gasteiger partial charge in [0.15, 0.2) is 0 Å². The summed E-state index contributed by atoms with van der Waals surface area (Å²) in [6.45, 7) is 1.52. The molecular formula is C19H17FN2OS. The molecule has 5 heteroatoms. The van der Waals surface area contributed by atoms with E-state index in [0.29, 0.717) is 6.61 Å². The summed E-state index contributed by atoms with van der Waals surface area (Å²) in [7, 11) is 0. The Bertz CT molecular complexity index is 856. The Morgan fingerprint density at radius 2 is 1.75 bits per heavy atom. The summed E-state index contributed by atoms with van der Waals surface area (Å²) >= 11 is 1.71. The first-order valence-electron chi connectivity index (χ1n) is 7.90. The summed E-state index contributed by atoms with van der Waals surface area (Å²) in [5.74, 6) is 0.531. The van der Waals surface area contributed by atoms with E-state index in [-0.39, 0.29) is 5.82 Å². The van der Waals surface area contributed by atoms with E-state index in [1.165, 1.54) is 17.0 Å². The summed E-state index contributed by atoms with van der Waals surface area (Å²) in [4.78, 5) is 1.21. The second-order valence-corrected chi connectivity index (χ2v) is 6.57. The van der Waals surface area contributed by atoms with E-state index in [9.17, 15) is 4.39 Å². The fraction of sp³-hybridized carbons (Fsp3) is 0.211. The molecule has 1 aliphatic heterocycles. The van der Waals surface area contributed by atoms with E-state index in [2.05, 4.69) is 30.5 Å². The number of hydrogen-bond donors (Lipinski definition) is 0. The zero-order valence-electron chi connectivity index (χ0n) is 13.3. The van der Waals surface area contributed by atoms with Crippen LogP contribution in [0.4, 0.5) is 4.39 Å². The number of hydrogen-bond acceptors (Lipinski definition) is 3. The van der Waals surface area contributed by atoms with Crippen LogP contribution in [0.3, 0.4) is 0 Å². The summed E-state index contributed by atoms with van der Waals surface area (Å²) in [6, 6.07) is 14.9. The van der Waals surface area contributed by atoms with Crippen LogP contribution in [-0.4, -0.2) is 22.6 Å². The number of halogens is 1. The van der Waals surface area contributed by atoms with Gasteiger partial charge in [-0.1, -0.05) is 24.3 Å². The van der Waals surface area contributed by atoms with Crippen molar-refractivity contribution in [2.24, 2.45) is 0 Å². The Balaban J connectivity index is 1.89. The minimum Gasteiger partial charge on any atom is -0.477 e.